The molecule has 0 amide bonds. The van der Waals surface area contributed by atoms with Crippen LogP contribution in [0.2, 0.25) is 5.02 Å². The molecule has 2 aromatic carbocycles. The molecule has 21 heavy (non-hydrogen) atoms. The number of rotatable bonds is 4. The number of anilines is 1. The maximum Gasteiger partial charge on any atom is 0.123 e. The molecule has 0 radical (unpaired) electrons. The number of thiazole rings is 1. The van der Waals surface area contributed by atoms with Crippen molar-refractivity contribution in [2.24, 2.45) is 0 Å². The van der Waals surface area contributed by atoms with Gasteiger partial charge in [0.25, 0.3) is 0 Å². The van der Waals surface area contributed by atoms with E-state index in [2.05, 4.69) is 10.3 Å². The summed E-state index contributed by atoms with van der Waals surface area (Å²) in [6.07, 6.45) is 1.79. The van der Waals surface area contributed by atoms with E-state index in [0.717, 1.165) is 16.3 Å². The lowest BCUT2D eigenvalue weighted by Crippen LogP contribution is -2.00. The van der Waals surface area contributed by atoms with Gasteiger partial charge in [-0.25, -0.2) is 4.98 Å². The number of nitrogens with one attached hydrogen (secondary N) is 1. The van der Waals surface area contributed by atoms with Gasteiger partial charge in [0.05, 0.1) is 0 Å². The minimum atomic E-state index is 0.200. The first-order valence-electron chi connectivity index (χ1n) is 6.44. The molecule has 0 atom stereocenters. The molecule has 3 aromatic rings. The zero-order chi connectivity index (χ0) is 14.7. The summed E-state index contributed by atoms with van der Waals surface area (Å²) in [6.45, 7) is 0.465. The summed E-state index contributed by atoms with van der Waals surface area (Å²) < 4.78 is 0. The van der Waals surface area contributed by atoms with E-state index in [0.29, 0.717) is 17.1 Å². The SMILES string of the molecule is Oc1cccc(Cl)c1CNc1cccc(-c2nccs2)c1. The third-order valence-corrected chi connectivity index (χ3v) is 4.28. The number of phenolic OH excluding ortho intramolecular Hbond substituents is 1. The van der Waals surface area contributed by atoms with Gasteiger partial charge in [0.1, 0.15) is 10.8 Å². The highest BCUT2D eigenvalue weighted by atomic mass is 35.5. The fraction of sp³-hybridized carbons (Fsp3) is 0.0625. The smallest absolute Gasteiger partial charge is 0.123 e. The van der Waals surface area contributed by atoms with Gasteiger partial charge in [0.2, 0.25) is 0 Å². The third-order valence-electron chi connectivity index (χ3n) is 3.11. The fourth-order valence-electron chi connectivity index (χ4n) is 2.04. The van der Waals surface area contributed by atoms with Gasteiger partial charge in [-0.15, -0.1) is 11.3 Å². The number of hydrogen-bond donors (Lipinski definition) is 2. The molecule has 3 nitrogen and oxygen atoms in total. The second kappa shape index (κ2) is 6.16. The van der Waals surface area contributed by atoms with Gasteiger partial charge in [-0.05, 0) is 24.3 Å². The average molecular weight is 317 g/mol. The van der Waals surface area contributed by atoms with Crippen LogP contribution in [0.4, 0.5) is 5.69 Å². The summed E-state index contributed by atoms with van der Waals surface area (Å²) in [5.41, 5.74) is 2.72. The molecule has 2 N–H and O–H groups in total. The van der Waals surface area contributed by atoms with E-state index in [1.807, 2.05) is 29.6 Å². The second-order valence-electron chi connectivity index (χ2n) is 4.51. The molecule has 3 rings (SSSR count). The fourth-order valence-corrected chi connectivity index (χ4v) is 2.91. The predicted octanol–water partition coefficient (Wildman–Crippen LogP) is 4.78. The molecule has 0 aliphatic rings. The molecule has 0 aliphatic heterocycles. The van der Waals surface area contributed by atoms with Gasteiger partial charge in [0.15, 0.2) is 0 Å². The lowest BCUT2D eigenvalue weighted by molar-refractivity contribution is 0.469. The topological polar surface area (TPSA) is 45.1 Å². The largest absolute Gasteiger partial charge is 0.508 e. The average Bonchev–Trinajstić information content (AvgIpc) is 3.01. The highest BCUT2D eigenvalue weighted by molar-refractivity contribution is 7.13. The first-order chi connectivity index (χ1) is 10.2. The third kappa shape index (κ3) is 3.17. The molecule has 0 saturated heterocycles. The Balaban J connectivity index is 1.78. The van der Waals surface area contributed by atoms with Crippen molar-refractivity contribution < 1.29 is 5.11 Å². The number of aromatic nitrogens is 1. The van der Waals surface area contributed by atoms with Crippen molar-refractivity contribution in [2.75, 3.05) is 5.32 Å². The van der Waals surface area contributed by atoms with Gasteiger partial charge in [0, 0.05) is 40.0 Å². The number of nitrogens with zero attached hydrogens (tertiary/aromatic N) is 1. The lowest BCUT2D eigenvalue weighted by Gasteiger charge is -2.10. The van der Waals surface area contributed by atoms with Crippen molar-refractivity contribution in [1.29, 1.82) is 0 Å². The van der Waals surface area contributed by atoms with E-state index in [-0.39, 0.29) is 5.75 Å². The van der Waals surface area contributed by atoms with Crippen LogP contribution >= 0.6 is 22.9 Å². The first-order valence-corrected chi connectivity index (χ1v) is 7.70. The molecule has 0 spiro atoms. The van der Waals surface area contributed by atoms with Crippen LogP contribution in [0.3, 0.4) is 0 Å². The van der Waals surface area contributed by atoms with Crippen LogP contribution in [-0.2, 0) is 6.54 Å². The van der Waals surface area contributed by atoms with Crippen molar-refractivity contribution >= 4 is 28.6 Å². The number of halogens is 1. The summed E-state index contributed by atoms with van der Waals surface area (Å²) in [5, 5.41) is 16.6. The maximum atomic E-state index is 9.84. The van der Waals surface area contributed by atoms with Gasteiger partial charge in [-0.1, -0.05) is 29.8 Å². The van der Waals surface area contributed by atoms with Crippen LogP contribution < -0.4 is 5.32 Å². The lowest BCUT2D eigenvalue weighted by atomic mass is 10.1. The second-order valence-corrected chi connectivity index (χ2v) is 5.81. The normalized spacial score (nSPS) is 10.5. The summed E-state index contributed by atoms with van der Waals surface area (Å²) in [7, 11) is 0. The summed E-state index contributed by atoms with van der Waals surface area (Å²) >= 11 is 7.70. The summed E-state index contributed by atoms with van der Waals surface area (Å²) in [5.74, 6) is 0.200. The zero-order valence-corrected chi connectivity index (χ0v) is 12.7. The predicted molar refractivity (Wildman–Crippen MR) is 88.0 cm³/mol. The molecule has 0 aliphatic carbocycles. The van der Waals surface area contributed by atoms with Crippen LogP contribution in [-0.4, -0.2) is 10.1 Å². The van der Waals surface area contributed by atoms with E-state index < -0.39 is 0 Å². The molecule has 1 heterocycles. The Hall–Kier alpha value is -2.04. The van der Waals surface area contributed by atoms with E-state index >= 15 is 0 Å². The highest BCUT2D eigenvalue weighted by Gasteiger charge is 2.06. The Kier molecular flexibility index (Phi) is 4.08. The number of hydrogen-bond acceptors (Lipinski definition) is 4. The summed E-state index contributed by atoms with van der Waals surface area (Å²) in [4.78, 5) is 4.30. The number of benzene rings is 2. The van der Waals surface area contributed by atoms with Crippen LogP contribution in [0.5, 0.6) is 5.75 Å². The molecule has 106 valence electrons. The minimum Gasteiger partial charge on any atom is -0.508 e. The summed E-state index contributed by atoms with van der Waals surface area (Å²) in [6, 6.07) is 13.1. The monoisotopic (exact) mass is 316 g/mol. The maximum absolute atomic E-state index is 9.84. The molecular formula is C16H13ClN2OS. The van der Waals surface area contributed by atoms with Gasteiger partial charge < -0.3 is 10.4 Å². The van der Waals surface area contributed by atoms with E-state index in [1.165, 1.54) is 0 Å². The molecule has 1 aromatic heterocycles. The molecule has 0 saturated carbocycles. The van der Waals surface area contributed by atoms with Crippen LogP contribution in [0.1, 0.15) is 5.56 Å². The number of phenols is 1. The Morgan fingerprint density at radius 1 is 1.19 bits per heavy atom. The van der Waals surface area contributed by atoms with Crippen molar-refractivity contribution in [3.8, 4) is 16.3 Å². The van der Waals surface area contributed by atoms with Gasteiger partial charge in [-0.3, -0.25) is 0 Å². The van der Waals surface area contributed by atoms with Crippen LogP contribution in [0, 0.1) is 0 Å². The van der Waals surface area contributed by atoms with E-state index in [4.69, 9.17) is 11.6 Å². The Bertz CT molecular complexity index is 724. The van der Waals surface area contributed by atoms with Crippen molar-refractivity contribution in [1.82, 2.24) is 4.98 Å². The Labute approximate surface area is 131 Å². The van der Waals surface area contributed by atoms with Gasteiger partial charge >= 0.3 is 0 Å². The van der Waals surface area contributed by atoms with Crippen molar-refractivity contribution in [3.63, 3.8) is 0 Å². The highest BCUT2D eigenvalue weighted by Crippen LogP contribution is 2.28. The Morgan fingerprint density at radius 2 is 2.05 bits per heavy atom. The van der Waals surface area contributed by atoms with Crippen molar-refractivity contribution in [2.45, 2.75) is 6.54 Å². The first kappa shape index (κ1) is 13.9. The Morgan fingerprint density at radius 3 is 2.81 bits per heavy atom. The van der Waals surface area contributed by atoms with E-state index in [9.17, 15) is 5.11 Å². The van der Waals surface area contributed by atoms with Crippen molar-refractivity contribution in [3.05, 3.63) is 64.6 Å². The molecule has 0 bridgehead atoms. The van der Waals surface area contributed by atoms with Gasteiger partial charge in [-0.2, -0.15) is 0 Å². The van der Waals surface area contributed by atoms with Crippen LogP contribution in [0.15, 0.2) is 54.0 Å². The standard InChI is InChI=1S/C16H13ClN2OS/c17-14-5-2-6-15(20)13(14)10-19-12-4-1-3-11(9-12)16-18-7-8-21-16/h1-9,19-20H,10H2. The molecule has 0 fully saturated rings. The van der Waals surface area contributed by atoms with E-state index in [1.54, 1.807) is 35.7 Å². The molecular weight excluding hydrogens is 304 g/mol. The quantitative estimate of drug-likeness (QED) is 0.728. The zero-order valence-electron chi connectivity index (χ0n) is 11.1. The van der Waals surface area contributed by atoms with Crippen LogP contribution in [0.25, 0.3) is 10.6 Å². The molecule has 5 heteroatoms. The minimum absolute atomic E-state index is 0.200. The number of aromatic hydroxyl groups is 1. The molecule has 0 unspecified atom stereocenters.